The first kappa shape index (κ1) is 16.7. The number of carbonyl (C=O) groups is 1. The Kier molecular flexibility index (Phi) is 4.49. The van der Waals surface area contributed by atoms with Gasteiger partial charge in [0.25, 0.3) is 0 Å². The highest BCUT2D eigenvalue weighted by atomic mass is 16.3. The molecule has 0 fully saturated rings. The number of carbonyl (C=O) groups excluding carboxylic acids is 1. The van der Waals surface area contributed by atoms with Crippen LogP contribution in [0, 0.1) is 0 Å². The summed E-state index contributed by atoms with van der Waals surface area (Å²) in [6.07, 6.45) is 3.43. The van der Waals surface area contributed by atoms with Gasteiger partial charge in [-0.1, -0.05) is 48.5 Å². The second-order valence-corrected chi connectivity index (χ2v) is 6.18. The molecule has 0 radical (unpaired) electrons. The highest BCUT2D eigenvalue weighted by molar-refractivity contribution is 6.00. The summed E-state index contributed by atoms with van der Waals surface area (Å²) in [5.41, 5.74) is 4.80. The van der Waals surface area contributed by atoms with E-state index in [0.717, 1.165) is 27.3 Å². The van der Waals surface area contributed by atoms with Crippen molar-refractivity contribution in [3.8, 4) is 5.75 Å². The van der Waals surface area contributed by atoms with Crippen LogP contribution in [-0.4, -0.2) is 22.2 Å². The molecule has 4 rings (SSSR count). The summed E-state index contributed by atoms with van der Waals surface area (Å²) >= 11 is 0. The zero-order chi connectivity index (χ0) is 18.6. The summed E-state index contributed by atoms with van der Waals surface area (Å²) in [6, 6.07) is 20.8. The van der Waals surface area contributed by atoms with Gasteiger partial charge in [-0.3, -0.25) is 9.78 Å². The van der Waals surface area contributed by atoms with Crippen molar-refractivity contribution < 1.29 is 9.90 Å². The Morgan fingerprint density at radius 2 is 1.81 bits per heavy atom. The molecule has 0 saturated carbocycles. The normalized spacial score (nSPS) is 11.3. The second-order valence-electron chi connectivity index (χ2n) is 6.18. The Morgan fingerprint density at radius 3 is 2.74 bits per heavy atom. The number of nitrogens with zero attached hydrogens (tertiary/aromatic N) is 2. The molecule has 1 amide bonds. The number of benzene rings is 3. The summed E-state index contributed by atoms with van der Waals surface area (Å²) in [5, 5.41) is 16.9. The monoisotopic (exact) mass is 355 g/mol. The van der Waals surface area contributed by atoms with E-state index in [1.165, 1.54) is 0 Å². The minimum atomic E-state index is -0.191. The largest absolute Gasteiger partial charge is 0.506 e. The lowest BCUT2D eigenvalue weighted by Crippen LogP contribution is -2.19. The fourth-order valence-corrected chi connectivity index (χ4v) is 3.13. The van der Waals surface area contributed by atoms with Gasteiger partial charge < -0.3 is 5.11 Å². The molecule has 1 aromatic heterocycles. The molecule has 0 aliphatic heterocycles. The van der Waals surface area contributed by atoms with Crippen LogP contribution in [0.25, 0.3) is 21.7 Å². The highest BCUT2D eigenvalue weighted by Gasteiger charge is 2.07. The number of hydrogen-bond acceptors (Lipinski definition) is 4. The number of hydrogen-bond donors (Lipinski definition) is 2. The predicted molar refractivity (Wildman–Crippen MR) is 107 cm³/mol. The van der Waals surface area contributed by atoms with Gasteiger partial charge >= 0.3 is 0 Å². The van der Waals surface area contributed by atoms with E-state index in [1.807, 2.05) is 48.5 Å². The van der Waals surface area contributed by atoms with Gasteiger partial charge in [0, 0.05) is 17.1 Å². The molecule has 3 aromatic carbocycles. The number of phenols is 1. The predicted octanol–water partition coefficient (Wildman–Crippen LogP) is 3.79. The molecular weight excluding hydrogens is 338 g/mol. The maximum atomic E-state index is 12.3. The molecule has 0 unspecified atom stereocenters. The number of hydrazone groups is 1. The summed E-state index contributed by atoms with van der Waals surface area (Å²) in [6.45, 7) is 0. The average Bonchev–Trinajstić information content (AvgIpc) is 2.70. The number of amides is 1. The topological polar surface area (TPSA) is 74.6 Å². The van der Waals surface area contributed by atoms with E-state index >= 15 is 0 Å². The molecule has 4 aromatic rings. The van der Waals surface area contributed by atoms with Crippen LogP contribution in [0.2, 0.25) is 0 Å². The highest BCUT2D eigenvalue weighted by Crippen LogP contribution is 2.24. The smallest absolute Gasteiger partial charge is 0.244 e. The Balaban J connectivity index is 1.50. The van der Waals surface area contributed by atoms with Gasteiger partial charge in [0.15, 0.2) is 0 Å². The van der Waals surface area contributed by atoms with E-state index < -0.39 is 0 Å². The molecule has 132 valence electrons. The summed E-state index contributed by atoms with van der Waals surface area (Å²) in [5.74, 6) is -0.0773. The van der Waals surface area contributed by atoms with Gasteiger partial charge in [-0.05, 0) is 34.5 Å². The van der Waals surface area contributed by atoms with Crippen molar-refractivity contribution in [3.63, 3.8) is 0 Å². The zero-order valence-corrected chi connectivity index (χ0v) is 14.5. The lowest BCUT2D eigenvalue weighted by molar-refractivity contribution is -0.120. The lowest BCUT2D eigenvalue weighted by Gasteiger charge is -2.06. The van der Waals surface area contributed by atoms with Crippen LogP contribution in [0.3, 0.4) is 0 Å². The average molecular weight is 355 g/mol. The number of nitrogens with one attached hydrogen (secondary N) is 1. The fourth-order valence-electron chi connectivity index (χ4n) is 3.13. The minimum absolute atomic E-state index is 0.114. The number of aromatic nitrogens is 1. The molecular formula is C22H17N3O2. The summed E-state index contributed by atoms with van der Waals surface area (Å²) in [4.78, 5) is 16.5. The Bertz CT molecular complexity index is 1160. The first-order valence-corrected chi connectivity index (χ1v) is 8.57. The minimum Gasteiger partial charge on any atom is -0.506 e. The van der Waals surface area contributed by atoms with Crippen molar-refractivity contribution in [2.24, 2.45) is 5.10 Å². The van der Waals surface area contributed by atoms with Crippen molar-refractivity contribution in [3.05, 3.63) is 84.1 Å². The number of phenolic OH excluding ortho intramolecular Hbond substituents is 1. The van der Waals surface area contributed by atoms with Gasteiger partial charge in [-0.25, -0.2) is 5.43 Å². The lowest BCUT2D eigenvalue weighted by atomic mass is 10.0. The standard InChI is InChI=1S/C22H17N3O2/c26-20-11-10-17(19-9-4-12-23-22(19)20)14-24-25-21(27)13-16-7-3-6-15-5-1-2-8-18(15)16/h1-12,14,26H,13H2,(H,25,27)/b24-14-. The molecule has 0 aliphatic carbocycles. The third-order valence-electron chi connectivity index (χ3n) is 4.41. The molecule has 1 heterocycles. The Hall–Kier alpha value is -3.73. The first-order chi connectivity index (χ1) is 13.2. The van der Waals surface area contributed by atoms with Crippen molar-refractivity contribution in [2.75, 3.05) is 0 Å². The number of pyridine rings is 1. The van der Waals surface area contributed by atoms with E-state index in [2.05, 4.69) is 15.5 Å². The van der Waals surface area contributed by atoms with Crippen LogP contribution in [0.1, 0.15) is 11.1 Å². The van der Waals surface area contributed by atoms with Crippen LogP contribution in [-0.2, 0) is 11.2 Å². The summed E-state index contributed by atoms with van der Waals surface area (Å²) < 4.78 is 0. The van der Waals surface area contributed by atoms with Crippen LogP contribution in [0.4, 0.5) is 0 Å². The van der Waals surface area contributed by atoms with Gasteiger partial charge in [0.2, 0.25) is 5.91 Å². The molecule has 0 atom stereocenters. The molecule has 27 heavy (non-hydrogen) atoms. The van der Waals surface area contributed by atoms with Crippen LogP contribution in [0.15, 0.2) is 78.0 Å². The Morgan fingerprint density at radius 1 is 1.00 bits per heavy atom. The van der Waals surface area contributed by atoms with E-state index in [1.54, 1.807) is 30.6 Å². The van der Waals surface area contributed by atoms with Crippen molar-refractivity contribution in [1.29, 1.82) is 0 Å². The molecule has 0 spiro atoms. The van der Waals surface area contributed by atoms with Crippen molar-refractivity contribution in [1.82, 2.24) is 10.4 Å². The van der Waals surface area contributed by atoms with Gasteiger partial charge in [0.05, 0.1) is 12.6 Å². The van der Waals surface area contributed by atoms with E-state index in [9.17, 15) is 9.90 Å². The van der Waals surface area contributed by atoms with Crippen LogP contribution < -0.4 is 5.43 Å². The molecule has 0 aliphatic rings. The van der Waals surface area contributed by atoms with E-state index in [-0.39, 0.29) is 18.1 Å². The third-order valence-corrected chi connectivity index (χ3v) is 4.41. The Labute approximate surface area is 156 Å². The van der Waals surface area contributed by atoms with Gasteiger partial charge in [-0.2, -0.15) is 5.10 Å². The third kappa shape index (κ3) is 3.48. The molecule has 5 heteroatoms. The molecule has 2 N–H and O–H groups in total. The molecule has 0 bridgehead atoms. The number of aromatic hydroxyl groups is 1. The SMILES string of the molecule is O=C(Cc1cccc2ccccc12)N/N=C\c1ccc(O)c2ncccc12. The maximum absolute atomic E-state index is 12.3. The quantitative estimate of drug-likeness (QED) is 0.432. The number of rotatable bonds is 4. The number of fused-ring (bicyclic) bond motifs is 2. The zero-order valence-electron chi connectivity index (χ0n) is 14.5. The molecule has 0 saturated heterocycles. The van der Waals surface area contributed by atoms with Crippen LogP contribution in [0.5, 0.6) is 5.75 Å². The summed E-state index contributed by atoms with van der Waals surface area (Å²) in [7, 11) is 0. The van der Waals surface area contributed by atoms with Gasteiger partial charge in [0.1, 0.15) is 11.3 Å². The van der Waals surface area contributed by atoms with E-state index in [0.29, 0.717) is 5.52 Å². The van der Waals surface area contributed by atoms with Crippen LogP contribution >= 0.6 is 0 Å². The first-order valence-electron chi connectivity index (χ1n) is 8.57. The molecule has 5 nitrogen and oxygen atoms in total. The van der Waals surface area contributed by atoms with Crippen molar-refractivity contribution in [2.45, 2.75) is 6.42 Å². The fraction of sp³-hybridized carbons (Fsp3) is 0.0455. The van der Waals surface area contributed by atoms with Gasteiger partial charge in [-0.15, -0.1) is 0 Å². The maximum Gasteiger partial charge on any atom is 0.244 e. The van der Waals surface area contributed by atoms with E-state index in [4.69, 9.17) is 0 Å². The van der Waals surface area contributed by atoms with Crippen molar-refractivity contribution >= 4 is 33.8 Å². The second kappa shape index (κ2) is 7.25.